The Balaban J connectivity index is 1.47. The number of fused-ring (bicyclic) bond motifs is 4. The van der Waals surface area contributed by atoms with E-state index in [9.17, 15) is 5.11 Å². The van der Waals surface area contributed by atoms with Crippen LogP contribution in [0.2, 0.25) is 0 Å². The molecular formula is C28H34O3. The number of rotatable bonds is 2. The van der Waals surface area contributed by atoms with Crippen molar-refractivity contribution in [2.24, 2.45) is 23.2 Å². The second-order valence-corrected chi connectivity index (χ2v) is 10.9. The lowest BCUT2D eigenvalue weighted by molar-refractivity contribution is -0.0460. The van der Waals surface area contributed by atoms with Gasteiger partial charge in [-0.15, -0.1) is 5.92 Å². The van der Waals surface area contributed by atoms with Crippen molar-refractivity contribution in [2.75, 3.05) is 7.11 Å². The highest BCUT2D eigenvalue weighted by Crippen LogP contribution is 2.75. The van der Waals surface area contributed by atoms with Gasteiger partial charge >= 0.3 is 0 Å². The number of allylic oxidation sites excluding steroid dienone is 1. The van der Waals surface area contributed by atoms with Gasteiger partial charge in [-0.3, -0.25) is 0 Å². The fourth-order valence-corrected chi connectivity index (χ4v) is 8.49. The van der Waals surface area contributed by atoms with Crippen molar-refractivity contribution in [3.8, 4) is 17.6 Å². The van der Waals surface area contributed by atoms with Crippen molar-refractivity contribution in [1.29, 1.82) is 0 Å². The minimum absolute atomic E-state index is 0.0481. The second kappa shape index (κ2) is 6.63. The minimum atomic E-state index is -0.264. The largest absolute Gasteiger partial charge is 0.497 e. The van der Waals surface area contributed by atoms with Crippen LogP contribution in [0.3, 0.4) is 0 Å². The lowest BCUT2D eigenvalue weighted by Crippen LogP contribution is -2.53. The van der Waals surface area contributed by atoms with Gasteiger partial charge in [0.05, 0.1) is 13.2 Å². The Morgan fingerprint density at radius 2 is 1.94 bits per heavy atom. The van der Waals surface area contributed by atoms with E-state index in [-0.39, 0.29) is 22.7 Å². The molecule has 0 aromatic heterocycles. The molecule has 8 atom stereocenters. The summed E-state index contributed by atoms with van der Waals surface area (Å²) < 4.78 is 12.1. The third kappa shape index (κ3) is 2.55. The van der Waals surface area contributed by atoms with Gasteiger partial charge in [0.15, 0.2) is 5.60 Å². The molecule has 3 heteroatoms. The summed E-state index contributed by atoms with van der Waals surface area (Å²) in [4.78, 5) is 0. The van der Waals surface area contributed by atoms with Crippen LogP contribution in [0.25, 0.3) is 0 Å². The molecule has 1 aromatic rings. The summed E-state index contributed by atoms with van der Waals surface area (Å²) in [5.41, 5.74) is 2.86. The average molecular weight is 419 g/mol. The van der Waals surface area contributed by atoms with Gasteiger partial charge in [-0.05, 0) is 98.7 Å². The maximum Gasteiger partial charge on any atom is 0.158 e. The van der Waals surface area contributed by atoms with E-state index in [4.69, 9.17) is 9.47 Å². The molecule has 7 unspecified atom stereocenters. The number of ether oxygens (including phenoxy) is 2. The van der Waals surface area contributed by atoms with Gasteiger partial charge in [0.1, 0.15) is 11.4 Å². The van der Waals surface area contributed by atoms with Crippen molar-refractivity contribution < 1.29 is 14.6 Å². The standard InChI is InChI=1S/C28H34O3/c1-4-13-27-15-12-24-22-10-7-19-16-20(29)11-14-26(19,2)25(22)23(17-28(24,27)31-27)18-5-8-21(30-3)9-6-18/h5-6,8-9,16,20,22-25,29H,7,10-12,14-15,17H2,1-3H3/t20?,22?,23?,24?,25?,26?,27?,28-/m1/s1. The first-order valence-electron chi connectivity index (χ1n) is 12.1. The number of hydrogen-bond donors (Lipinski definition) is 1. The molecule has 1 spiro atoms. The lowest BCUT2D eigenvalue weighted by Gasteiger charge is -2.58. The Bertz CT molecular complexity index is 984. The van der Waals surface area contributed by atoms with E-state index in [1.807, 2.05) is 6.92 Å². The highest BCUT2D eigenvalue weighted by Gasteiger charge is 2.80. The number of epoxide rings is 1. The molecule has 3 nitrogen and oxygen atoms in total. The maximum absolute atomic E-state index is 10.4. The van der Waals surface area contributed by atoms with Crippen LogP contribution in [0.4, 0.5) is 0 Å². The van der Waals surface area contributed by atoms with Crippen molar-refractivity contribution in [1.82, 2.24) is 0 Å². The summed E-state index contributed by atoms with van der Waals surface area (Å²) in [7, 11) is 1.73. The summed E-state index contributed by atoms with van der Waals surface area (Å²) in [6, 6.07) is 8.78. The minimum Gasteiger partial charge on any atom is -0.497 e. The summed E-state index contributed by atoms with van der Waals surface area (Å²) in [6.07, 6.45) is 9.68. The predicted octanol–water partition coefficient (Wildman–Crippen LogP) is 5.24. The zero-order chi connectivity index (χ0) is 21.4. The number of methoxy groups -OCH3 is 1. The van der Waals surface area contributed by atoms with Crippen molar-refractivity contribution >= 4 is 0 Å². The molecule has 1 heterocycles. The van der Waals surface area contributed by atoms with Gasteiger partial charge < -0.3 is 14.6 Å². The number of aliphatic hydroxyl groups is 1. The molecule has 1 N–H and O–H groups in total. The SMILES string of the molecule is CC#CC12CCC3C4CCC5=CC(O)CCC5(C)C4C(c4ccc(OC)cc4)C[C@@]31O2. The molecule has 0 amide bonds. The molecule has 3 saturated carbocycles. The zero-order valence-electron chi connectivity index (χ0n) is 19.0. The Morgan fingerprint density at radius 1 is 1.13 bits per heavy atom. The molecule has 5 aliphatic rings. The first-order chi connectivity index (χ1) is 15.0. The summed E-state index contributed by atoms with van der Waals surface area (Å²) in [6.45, 7) is 4.45. The van der Waals surface area contributed by atoms with Crippen LogP contribution in [-0.2, 0) is 4.74 Å². The lowest BCUT2D eigenvalue weighted by atomic mass is 9.45. The fraction of sp³-hybridized carbons (Fsp3) is 0.643. The van der Waals surface area contributed by atoms with Gasteiger partial charge in [-0.2, -0.15) is 0 Å². The third-order valence-corrected chi connectivity index (χ3v) is 9.78. The highest BCUT2D eigenvalue weighted by atomic mass is 16.6. The van der Waals surface area contributed by atoms with Gasteiger partial charge in [-0.1, -0.05) is 36.6 Å². The van der Waals surface area contributed by atoms with Crippen LogP contribution in [-0.4, -0.2) is 29.5 Å². The molecule has 1 saturated heterocycles. The van der Waals surface area contributed by atoms with Crippen molar-refractivity contribution in [3.05, 3.63) is 41.5 Å². The van der Waals surface area contributed by atoms with E-state index in [0.29, 0.717) is 23.7 Å². The van der Waals surface area contributed by atoms with E-state index in [1.54, 1.807) is 7.11 Å². The Labute approximate surface area is 186 Å². The number of hydrogen-bond acceptors (Lipinski definition) is 3. The zero-order valence-corrected chi connectivity index (χ0v) is 19.0. The molecule has 1 aliphatic heterocycles. The number of aliphatic hydroxyl groups excluding tert-OH is 1. The highest BCUT2D eigenvalue weighted by molar-refractivity contribution is 5.43. The van der Waals surface area contributed by atoms with E-state index >= 15 is 0 Å². The molecule has 4 aliphatic carbocycles. The summed E-state index contributed by atoms with van der Waals surface area (Å²) in [5, 5.41) is 10.4. The van der Waals surface area contributed by atoms with Gasteiger partial charge in [0, 0.05) is 0 Å². The summed E-state index contributed by atoms with van der Waals surface area (Å²) in [5.74, 6) is 9.95. The quantitative estimate of drug-likeness (QED) is 0.406. The maximum atomic E-state index is 10.4. The van der Waals surface area contributed by atoms with E-state index in [1.165, 1.54) is 24.0 Å². The Kier molecular flexibility index (Phi) is 4.25. The first-order valence-corrected chi connectivity index (χ1v) is 12.1. The molecule has 0 radical (unpaired) electrons. The topological polar surface area (TPSA) is 42.0 Å². The predicted molar refractivity (Wildman–Crippen MR) is 121 cm³/mol. The monoisotopic (exact) mass is 418 g/mol. The molecule has 6 rings (SSSR count). The molecular weight excluding hydrogens is 384 g/mol. The van der Waals surface area contributed by atoms with Crippen LogP contribution in [0.5, 0.6) is 5.75 Å². The van der Waals surface area contributed by atoms with Gasteiger partial charge in [0.25, 0.3) is 0 Å². The van der Waals surface area contributed by atoms with Crippen LogP contribution in [0.15, 0.2) is 35.9 Å². The molecule has 4 fully saturated rings. The van der Waals surface area contributed by atoms with Crippen molar-refractivity contribution in [2.45, 2.75) is 82.0 Å². The van der Waals surface area contributed by atoms with Crippen LogP contribution >= 0.6 is 0 Å². The van der Waals surface area contributed by atoms with Crippen LogP contribution in [0.1, 0.15) is 70.3 Å². The normalized spacial score (nSPS) is 47.0. The molecule has 1 aromatic carbocycles. The Morgan fingerprint density at radius 3 is 2.68 bits per heavy atom. The van der Waals surface area contributed by atoms with E-state index < -0.39 is 0 Å². The smallest absolute Gasteiger partial charge is 0.158 e. The fourth-order valence-electron chi connectivity index (χ4n) is 8.49. The average Bonchev–Trinajstić information content (AvgIpc) is 3.27. The Hall–Kier alpha value is -1.76. The summed E-state index contributed by atoms with van der Waals surface area (Å²) >= 11 is 0. The van der Waals surface area contributed by atoms with E-state index in [0.717, 1.165) is 37.9 Å². The van der Waals surface area contributed by atoms with Crippen molar-refractivity contribution in [3.63, 3.8) is 0 Å². The molecule has 31 heavy (non-hydrogen) atoms. The second-order valence-electron chi connectivity index (χ2n) is 10.9. The number of benzene rings is 1. The third-order valence-electron chi connectivity index (χ3n) is 9.78. The molecule has 164 valence electrons. The van der Waals surface area contributed by atoms with Gasteiger partial charge in [0.2, 0.25) is 0 Å². The first kappa shape index (κ1) is 19.9. The van der Waals surface area contributed by atoms with E-state index in [2.05, 4.69) is 49.1 Å². The van der Waals surface area contributed by atoms with Crippen LogP contribution in [0, 0.1) is 35.0 Å². The van der Waals surface area contributed by atoms with Crippen LogP contribution < -0.4 is 4.74 Å². The van der Waals surface area contributed by atoms with Gasteiger partial charge in [-0.25, -0.2) is 0 Å². The molecule has 0 bridgehead atoms.